The van der Waals surface area contributed by atoms with Crippen molar-refractivity contribution in [2.45, 2.75) is 95.8 Å². The Hall–Kier alpha value is -2.94. The van der Waals surface area contributed by atoms with Crippen molar-refractivity contribution in [1.29, 1.82) is 0 Å². The smallest absolute Gasteiger partial charge is 0.157 e. The fourth-order valence-electron chi connectivity index (χ4n) is 6.69. The molecule has 3 nitrogen and oxygen atoms in total. The number of hydrogen-bond donors (Lipinski definition) is 3. The van der Waals surface area contributed by atoms with Gasteiger partial charge < -0.3 is 15.3 Å². The Kier molecular flexibility index (Phi) is 7.27. The van der Waals surface area contributed by atoms with E-state index in [2.05, 4.69) is 38.1 Å². The predicted octanol–water partition coefficient (Wildman–Crippen LogP) is 8.70. The molecule has 5 rings (SSSR count). The van der Waals surface area contributed by atoms with Crippen LogP contribution in [0.25, 0.3) is 0 Å². The van der Waals surface area contributed by atoms with Crippen LogP contribution >= 0.6 is 0 Å². The topological polar surface area (TPSA) is 60.7 Å². The van der Waals surface area contributed by atoms with E-state index in [4.69, 9.17) is 0 Å². The van der Waals surface area contributed by atoms with E-state index >= 15 is 0 Å². The second-order valence-corrected chi connectivity index (χ2v) is 11.2. The monoisotopic (exact) mass is 484 g/mol. The van der Waals surface area contributed by atoms with Crippen molar-refractivity contribution in [3.63, 3.8) is 0 Å². The Morgan fingerprint density at radius 1 is 0.583 bits per heavy atom. The van der Waals surface area contributed by atoms with Crippen LogP contribution < -0.4 is 0 Å². The van der Waals surface area contributed by atoms with Crippen molar-refractivity contribution in [1.82, 2.24) is 0 Å². The summed E-state index contributed by atoms with van der Waals surface area (Å²) < 4.78 is 0. The minimum Gasteiger partial charge on any atom is -0.508 e. The number of phenols is 3. The SMILES string of the molecule is Cc1ccc(C2CCCCC2)cc1C(c1ccc(O)c(O)c1)c1cc(C2CCCCC2)c(O)cc1C. The molecule has 3 heteroatoms. The molecule has 0 radical (unpaired) electrons. The molecule has 0 bridgehead atoms. The highest BCUT2D eigenvalue weighted by Gasteiger charge is 2.27. The molecule has 2 aliphatic rings. The van der Waals surface area contributed by atoms with Gasteiger partial charge >= 0.3 is 0 Å². The average Bonchev–Trinajstić information content (AvgIpc) is 2.89. The standard InChI is InChI=1S/C33H40O3/c1-21-13-14-25(23-9-5-3-6-10-23)18-27(21)33(26-15-16-30(34)32(36)19-26)28-20-29(31(35)17-22(28)2)24-11-7-4-8-12-24/h13-20,23-24,33-36H,3-12H2,1-2H3. The number of hydrogen-bond acceptors (Lipinski definition) is 3. The molecule has 2 saturated carbocycles. The van der Waals surface area contributed by atoms with Gasteiger partial charge in [0.05, 0.1) is 0 Å². The first-order chi connectivity index (χ1) is 17.4. The first kappa shape index (κ1) is 24.7. The van der Waals surface area contributed by atoms with E-state index in [0.29, 0.717) is 17.6 Å². The van der Waals surface area contributed by atoms with Crippen LogP contribution in [0.2, 0.25) is 0 Å². The van der Waals surface area contributed by atoms with Crippen LogP contribution in [0.5, 0.6) is 17.2 Å². The predicted molar refractivity (Wildman–Crippen MR) is 146 cm³/mol. The van der Waals surface area contributed by atoms with Gasteiger partial charge in [-0.2, -0.15) is 0 Å². The van der Waals surface area contributed by atoms with Gasteiger partial charge in [-0.1, -0.05) is 68.9 Å². The van der Waals surface area contributed by atoms with Crippen molar-refractivity contribution < 1.29 is 15.3 Å². The minimum absolute atomic E-state index is 0.0945. The van der Waals surface area contributed by atoms with Gasteiger partial charge in [-0.15, -0.1) is 0 Å². The zero-order valence-corrected chi connectivity index (χ0v) is 21.8. The molecule has 3 aromatic carbocycles. The molecule has 0 heterocycles. The molecule has 0 aliphatic heterocycles. The number of rotatable bonds is 5. The number of aromatic hydroxyl groups is 3. The van der Waals surface area contributed by atoms with Gasteiger partial charge in [-0.05, 0) is 109 Å². The van der Waals surface area contributed by atoms with Gasteiger partial charge in [-0.25, -0.2) is 0 Å². The normalized spacial score (nSPS) is 18.3. The Labute approximate surface area is 215 Å². The van der Waals surface area contributed by atoms with Crippen LogP contribution in [0.4, 0.5) is 0 Å². The van der Waals surface area contributed by atoms with Crippen LogP contribution in [0, 0.1) is 13.8 Å². The Morgan fingerprint density at radius 3 is 1.89 bits per heavy atom. The number of phenolic OH excluding ortho intramolecular Hbond substituents is 3. The molecular formula is C33H40O3. The Balaban J connectivity index is 1.67. The van der Waals surface area contributed by atoms with E-state index < -0.39 is 0 Å². The van der Waals surface area contributed by atoms with Crippen LogP contribution in [0.15, 0.2) is 48.5 Å². The van der Waals surface area contributed by atoms with Crippen LogP contribution in [0.1, 0.15) is 121 Å². The third kappa shape index (κ3) is 4.98. The summed E-state index contributed by atoms with van der Waals surface area (Å²) in [6.07, 6.45) is 12.4. The van der Waals surface area contributed by atoms with E-state index in [0.717, 1.165) is 29.5 Å². The summed E-state index contributed by atoms with van der Waals surface area (Å²) >= 11 is 0. The summed E-state index contributed by atoms with van der Waals surface area (Å²) in [4.78, 5) is 0. The van der Waals surface area contributed by atoms with Gasteiger partial charge in [0.1, 0.15) is 5.75 Å². The van der Waals surface area contributed by atoms with E-state index in [9.17, 15) is 15.3 Å². The molecule has 190 valence electrons. The van der Waals surface area contributed by atoms with Gasteiger partial charge in [0.2, 0.25) is 0 Å². The summed E-state index contributed by atoms with van der Waals surface area (Å²) in [5.41, 5.74) is 8.11. The number of benzene rings is 3. The molecule has 0 amide bonds. The summed E-state index contributed by atoms with van der Waals surface area (Å²) in [5, 5.41) is 31.5. The zero-order valence-electron chi connectivity index (χ0n) is 21.8. The maximum Gasteiger partial charge on any atom is 0.157 e. The summed E-state index contributed by atoms with van der Waals surface area (Å²) in [5.74, 6) is 1.11. The fraction of sp³-hybridized carbons (Fsp3) is 0.455. The average molecular weight is 485 g/mol. The Bertz CT molecular complexity index is 1220. The highest BCUT2D eigenvalue weighted by Crippen LogP contribution is 2.45. The molecule has 1 unspecified atom stereocenters. The van der Waals surface area contributed by atoms with Crippen molar-refractivity contribution in [2.24, 2.45) is 0 Å². The molecule has 2 aliphatic carbocycles. The molecule has 3 aromatic rings. The first-order valence-corrected chi connectivity index (χ1v) is 13.9. The summed E-state index contributed by atoms with van der Waals surface area (Å²) in [6, 6.07) is 16.4. The third-order valence-corrected chi connectivity index (χ3v) is 8.80. The summed E-state index contributed by atoms with van der Waals surface area (Å²) in [7, 11) is 0. The maximum atomic E-state index is 11.0. The molecule has 3 N–H and O–H groups in total. The second-order valence-electron chi connectivity index (χ2n) is 11.2. The van der Waals surface area contributed by atoms with E-state index in [1.807, 2.05) is 12.1 Å². The molecule has 0 aromatic heterocycles. The quantitative estimate of drug-likeness (QED) is 0.251. The van der Waals surface area contributed by atoms with Crippen molar-refractivity contribution in [2.75, 3.05) is 0 Å². The highest BCUT2D eigenvalue weighted by molar-refractivity contribution is 5.56. The van der Waals surface area contributed by atoms with Crippen LogP contribution in [0.3, 0.4) is 0 Å². The van der Waals surface area contributed by atoms with Crippen LogP contribution in [-0.4, -0.2) is 15.3 Å². The third-order valence-electron chi connectivity index (χ3n) is 8.80. The lowest BCUT2D eigenvalue weighted by molar-refractivity contribution is 0.403. The molecular weight excluding hydrogens is 444 g/mol. The van der Waals surface area contributed by atoms with E-state index in [-0.39, 0.29) is 17.4 Å². The molecule has 0 spiro atoms. The molecule has 2 fully saturated rings. The first-order valence-electron chi connectivity index (χ1n) is 13.9. The van der Waals surface area contributed by atoms with Gasteiger partial charge in [0.25, 0.3) is 0 Å². The fourth-order valence-corrected chi connectivity index (χ4v) is 6.69. The van der Waals surface area contributed by atoms with Crippen molar-refractivity contribution in [3.8, 4) is 17.2 Å². The zero-order chi connectivity index (χ0) is 25.2. The van der Waals surface area contributed by atoms with Crippen molar-refractivity contribution in [3.05, 3.63) is 87.5 Å². The number of aryl methyl sites for hydroxylation is 2. The van der Waals surface area contributed by atoms with Crippen molar-refractivity contribution >= 4 is 0 Å². The van der Waals surface area contributed by atoms with E-state index in [1.165, 1.54) is 73.6 Å². The maximum absolute atomic E-state index is 11.0. The van der Waals surface area contributed by atoms with E-state index in [1.54, 1.807) is 12.1 Å². The lowest BCUT2D eigenvalue weighted by Gasteiger charge is -2.29. The summed E-state index contributed by atoms with van der Waals surface area (Å²) in [6.45, 7) is 4.25. The highest BCUT2D eigenvalue weighted by atomic mass is 16.3. The lowest BCUT2D eigenvalue weighted by atomic mass is 9.76. The Morgan fingerprint density at radius 2 is 1.22 bits per heavy atom. The van der Waals surface area contributed by atoms with Gasteiger partial charge in [0.15, 0.2) is 11.5 Å². The van der Waals surface area contributed by atoms with Crippen LogP contribution in [-0.2, 0) is 0 Å². The largest absolute Gasteiger partial charge is 0.508 e. The second kappa shape index (κ2) is 10.6. The molecule has 1 atom stereocenters. The molecule has 0 saturated heterocycles. The molecule has 36 heavy (non-hydrogen) atoms. The van der Waals surface area contributed by atoms with Gasteiger partial charge in [0, 0.05) is 5.92 Å². The lowest BCUT2D eigenvalue weighted by Crippen LogP contribution is -2.12. The minimum atomic E-state index is -0.101. The van der Waals surface area contributed by atoms with Gasteiger partial charge in [-0.3, -0.25) is 0 Å².